The van der Waals surface area contributed by atoms with Gasteiger partial charge in [-0.1, -0.05) is 60.7 Å². The summed E-state index contributed by atoms with van der Waals surface area (Å²) in [6, 6.07) is 20.7. The van der Waals surface area contributed by atoms with E-state index in [1.54, 1.807) is 48.5 Å². The van der Waals surface area contributed by atoms with E-state index in [-0.39, 0.29) is 28.3 Å². The zero-order valence-electron chi connectivity index (χ0n) is 13.1. The Balaban J connectivity index is 0.00000225. The molecule has 4 nitrogen and oxygen atoms in total. The Kier molecular flexibility index (Phi) is 6.51. The Morgan fingerprint density at radius 3 is 1.32 bits per heavy atom. The largest absolute Gasteiger partial charge is 2.00 e. The smallest absolute Gasteiger partial charge is 0.872 e. The number of para-hydroxylation sites is 4. The molecule has 0 fully saturated rings. The summed E-state index contributed by atoms with van der Waals surface area (Å²) in [5.41, 5.74) is 2.28. The van der Waals surface area contributed by atoms with E-state index in [2.05, 4.69) is 9.98 Å². The Bertz CT molecular complexity index is 833. The van der Waals surface area contributed by atoms with Gasteiger partial charge in [-0.25, -0.2) is 0 Å². The molecule has 1 radical (unpaired) electrons. The minimum atomic E-state index is -0.0810. The van der Waals surface area contributed by atoms with Gasteiger partial charge in [-0.15, -0.1) is 11.5 Å². The van der Waals surface area contributed by atoms with Crippen LogP contribution in [0.1, 0.15) is 11.1 Å². The quantitative estimate of drug-likeness (QED) is 0.658. The van der Waals surface area contributed by atoms with Gasteiger partial charge < -0.3 is 10.2 Å². The Morgan fingerprint density at radius 2 is 0.920 bits per heavy atom. The van der Waals surface area contributed by atoms with Gasteiger partial charge in [-0.3, -0.25) is 9.98 Å². The van der Waals surface area contributed by atoms with Crippen molar-refractivity contribution in [3.63, 3.8) is 0 Å². The predicted octanol–water partition coefficient (Wildman–Crippen LogP) is 3.33. The summed E-state index contributed by atoms with van der Waals surface area (Å²) in [6.45, 7) is 0. The molecule has 0 N–H and O–H groups in total. The zero-order valence-corrected chi connectivity index (χ0v) is 14.2. The molecule has 0 atom stereocenters. The average molecular weight is 373 g/mol. The third-order valence-electron chi connectivity index (χ3n) is 3.41. The molecular formula is C20H14CoN2O2. The van der Waals surface area contributed by atoms with Gasteiger partial charge in [0.05, 0.1) is 11.4 Å². The number of hydrogen-bond donors (Lipinski definition) is 0. The normalized spacial score (nSPS) is 10.9. The number of rotatable bonds is 4. The SMILES string of the molecule is [Co+2].[O-]c1ccccc1C=Nc1ccccc1N=Cc1ccccc1[O-]. The van der Waals surface area contributed by atoms with Crippen LogP contribution in [0.5, 0.6) is 11.5 Å². The molecule has 0 saturated carbocycles. The third-order valence-corrected chi connectivity index (χ3v) is 3.41. The first-order valence-corrected chi connectivity index (χ1v) is 7.43. The van der Waals surface area contributed by atoms with E-state index in [1.165, 1.54) is 24.6 Å². The van der Waals surface area contributed by atoms with Crippen LogP contribution in [0, 0.1) is 0 Å². The van der Waals surface area contributed by atoms with E-state index < -0.39 is 0 Å². The van der Waals surface area contributed by atoms with Crippen molar-refractivity contribution >= 4 is 23.8 Å². The first kappa shape index (κ1) is 18.4. The number of hydrogen-bond acceptors (Lipinski definition) is 4. The monoisotopic (exact) mass is 373 g/mol. The minimum Gasteiger partial charge on any atom is -0.872 e. The average Bonchev–Trinajstić information content (AvgIpc) is 2.61. The van der Waals surface area contributed by atoms with Gasteiger partial charge in [0.15, 0.2) is 0 Å². The second-order valence-corrected chi connectivity index (χ2v) is 5.08. The van der Waals surface area contributed by atoms with Crippen molar-refractivity contribution in [3.05, 3.63) is 83.9 Å². The van der Waals surface area contributed by atoms with E-state index in [1.807, 2.05) is 12.1 Å². The van der Waals surface area contributed by atoms with Crippen molar-refractivity contribution in [1.29, 1.82) is 0 Å². The summed E-state index contributed by atoms with van der Waals surface area (Å²) in [4.78, 5) is 8.71. The molecule has 3 aromatic rings. The summed E-state index contributed by atoms with van der Waals surface area (Å²) in [7, 11) is 0. The predicted molar refractivity (Wildman–Crippen MR) is 92.7 cm³/mol. The molecule has 0 spiro atoms. The van der Waals surface area contributed by atoms with Gasteiger partial charge in [0.2, 0.25) is 0 Å². The first-order chi connectivity index (χ1) is 11.7. The van der Waals surface area contributed by atoms with Crippen LogP contribution in [0.4, 0.5) is 11.4 Å². The number of aliphatic imine (C=N–C) groups is 2. The van der Waals surface area contributed by atoms with Gasteiger partial charge in [0.1, 0.15) is 0 Å². The molecule has 3 aromatic carbocycles. The summed E-state index contributed by atoms with van der Waals surface area (Å²) >= 11 is 0. The fraction of sp³-hybridized carbons (Fsp3) is 0. The van der Waals surface area contributed by atoms with E-state index in [4.69, 9.17) is 0 Å². The van der Waals surface area contributed by atoms with Crippen LogP contribution in [0.3, 0.4) is 0 Å². The van der Waals surface area contributed by atoms with Crippen LogP contribution in [-0.2, 0) is 16.8 Å². The Labute approximate surface area is 156 Å². The maximum Gasteiger partial charge on any atom is 2.00 e. The molecule has 0 aliphatic carbocycles. The zero-order chi connectivity index (χ0) is 16.8. The standard InChI is InChI=1S/C20H16N2O2.Co/c23-19-11-5-1-7-15(19)13-21-17-9-3-4-10-18(17)22-14-16-8-2-6-12-20(16)24;/h1-14,23-24H;/q;+2/p-2. The van der Waals surface area contributed by atoms with Crippen molar-refractivity contribution in [2.45, 2.75) is 0 Å². The van der Waals surface area contributed by atoms with Gasteiger partial charge in [-0.2, -0.15) is 0 Å². The van der Waals surface area contributed by atoms with Crippen molar-refractivity contribution in [2.75, 3.05) is 0 Å². The van der Waals surface area contributed by atoms with Crippen LogP contribution in [0.2, 0.25) is 0 Å². The molecule has 0 amide bonds. The molecule has 0 bridgehead atoms. The second kappa shape index (κ2) is 8.82. The molecule has 125 valence electrons. The minimum absolute atomic E-state index is 0. The van der Waals surface area contributed by atoms with Gasteiger partial charge in [0, 0.05) is 12.4 Å². The van der Waals surface area contributed by atoms with Crippen LogP contribution in [-0.4, -0.2) is 12.4 Å². The second-order valence-electron chi connectivity index (χ2n) is 5.08. The first-order valence-electron chi connectivity index (χ1n) is 7.43. The molecule has 0 heterocycles. The van der Waals surface area contributed by atoms with E-state index in [0.29, 0.717) is 22.5 Å². The van der Waals surface area contributed by atoms with Crippen molar-refractivity contribution in [3.8, 4) is 11.5 Å². The number of benzene rings is 3. The van der Waals surface area contributed by atoms with E-state index in [0.717, 1.165) is 0 Å². The fourth-order valence-electron chi connectivity index (χ4n) is 2.14. The van der Waals surface area contributed by atoms with E-state index in [9.17, 15) is 10.2 Å². The van der Waals surface area contributed by atoms with Crippen LogP contribution < -0.4 is 10.2 Å². The molecule has 0 saturated heterocycles. The molecule has 0 aliphatic rings. The van der Waals surface area contributed by atoms with Gasteiger partial charge in [0.25, 0.3) is 0 Å². The van der Waals surface area contributed by atoms with Crippen molar-refractivity contribution in [2.24, 2.45) is 9.98 Å². The van der Waals surface area contributed by atoms with E-state index >= 15 is 0 Å². The molecule has 5 heteroatoms. The van der Waals surface area contributed by atoms with Crippen LogP contribution in [0.25, 0.3) is 0 Å². The molecule has 0 aromatic heterocycles. The Morgan fingerprint density at radius 1 is 0.560 bits per heavy atom. The Hall–Kier alpha value is -2.89. The molecule has 25 heavy (non-hydrogen) atoms. The van der Waals surface area contributed by atoms with Crippen LogP contribution >= 0.6 is 0 Å². The maximum atomic E-state index is 11.7. The van der Waals surface area contributed by atoms with Crippen molar-refractivity contribution < 1.29 is 27.0 Å². The van der Waals surface area contributed by atoms with Crippen molar-refractivity contribution in [1.82, 2.24) is 0 Å². The van der Waals surface area contributed by atoms with Gasteiger partial charge in [-0.05, 0) is 23.3 Å². The summed E-state index contributed by atoms with van der Waals surface area (Å²) in [5, 5.41) is 23.4. The van der Waals surface area contributed by atoms with Gasteiger partial charge >= 0.3 is 16.8 Å². The summed E-state index contributed by atoms with van der Waals surface area (Å²) in [5.74, 6) is -0.162. The summed E-state index contributed by atoms with van der Waals surface area (Å²) in [6.07, 6.45) is 3.05. The number of nitrogens with zero attached hydrogens (tertiary/aromatic N) is 2. The molecular weight excluding hydrogens is 359 g/mol. The fourth-order valence-corrected chi connectivity index (χ4v) is 2.14. The molecule has 0 aliphatic heterocycles. The summed E-state index contributed by atoms with van der Waals surface area (Å²) < 4.78 is 0. The molecule has 0 unspecified atom stereocenters. The topological polar surface area (TPSA) is 70.8 Å². The maximum absolute atomic E-state index is 11.7. The molecule has 3 rings (SSSR count). The third kappa shape index (κ3) is 4.79. The van der Waals surface area contributed by atoms with Crippen LogP contribution in [0.15, 0.2) is 82.8 Å².